The van der Waals surface area contributed by atoms with Crippen LogP contribution in [0.15, 0.2) is 0 Å². The Hall–Kier alpha value is -1.06. The van der Waals surface area contributed by atoms with Gasteiger partial charge in [0, 0.05) is 12.5 Å². The standard InChI is InChI=1S/C16H27NO3/c1-5-16-9-7-6-8-12(16)13(18)10-17(11-16)14(19)20-15(2,3)4/h12H,5-11H2,1-4H3. The highest BCUT2D eigenvalue weighted by Gasteiger charge is 2.49. The molecule has 1 saturated carbocycles. The third kappa shape index (κ3) is 2.99. The first kappa shape index (κ1) is 15.3. The molecule has 0 aromatic carbocycles. The van der Waals surface area contributed by atoms with Crippen LogP contribution >= 0.6 is 0 Å². The maximum absolute atomic E-state index is 12.4. The van der Waals surface area contributed by atoms with E-state index >= 15 is 0 Å². The summed E-state index contributed by atoms with van der Waals surface area (Å²) in [6, 6.07) is 0. The minimum Gasteiger partial charge on any atom is -0.444 e. The number of carbonyl (C=O) groups excluding carboxylic acids is 2. The lowest BCUT2D eigenvalue weighted by Crippen LogP contribution is -2.57. The smallest absolute Gasteiger partial charge is 0.410 e. The lowest BCUT2D eigenvalue weighted by Gasteiger charge is -2.49. The topological polar surface area (TPSA) is 46.6 Å². The Labute approximate surface area is 121 Å². The molecular formula is C16H27NO3. The highest BCUT2D eigenvalue weighted by atomic mass is 16.6. The summed E-state index contributed by atoms with van der Waals surface area (Å²) in [7, 11) is 0. The van der Waals surface area contributed by atoms with E-state index < -0.39 is 5.60 Å². The second-order valence-corrected chi connectivity index (χ2v) is 7.32. The molecule has 4 nitrogen and oxygen atoms in total. The van der Waals surface area contributed by atoms with Crippen molar-refractivity contribution < 1.29 is 14.3 Å². The van der Waals surface area contributed by atoms with Gasteiger partial charge in [0.05, 0.1) is 6.54 Å². The minimum absolute atomic E-state index is 0.00944. The van der Waals surface area contributed by atoms with E-state index in [0.29, 0.717) is 6.54 Å². The maximum Gasteiger partial charge on any atom is 0.410 e. The number of hydrogen-bond donors (Lipinski definition) is 0. The fourth-order valence-corrected chi connectivity index (χ4v) is 3.72. The third-order valence-electron chi connectivity index (χ3n) is 4.75. The van der Waals surface area contributed by atoms with Crippen molar-refractivity contribution >= 4 is 11.9 Å². The van der Waals surface area contributed by atoms with E-state index in [9.17, 15) is 9.59 Å². The van der Waals surface area contributed by atoms with E-state index in [1.54, 1.807) is 4.90 Å². The fourth-order valence-electron chi connectivity index (χ4n) is 3.72. The molecule has 0 aromatic heterocycles. The number of nitrogens with zero attached hydrogens (tertiary/aromatic N) is 1. The summed E-state index contributed by atoms with van der Waals surface area (Å²) >= 11 is 0. The number of ether oxygens (including phenoxy) is 1. The summed E-state index contributed by atoms with van der Waals surface area (Å²) in [5.74, 6) is 0.378. The molecule has 0 aromatic rings. The zero-order valence-corrected chi connectivity index (χ0v) is 13.2. The Balaban J connectivity index is 2.15. The van der Waals surface area contributed by atoms with Crippen molar-refractivity contribution in [3.63, 3.8) is 0 Å². The van der Waals surface area contributed by atoms with Gasteiger partial charge in [-0.2, -0.15) is 0 Å². The van der Waals surface area contributed by atoms with Gasteiger partial charge in [-0.05, 0) is 45.4 Å². The summed E-state index contributed by atoms with van der Waals surface area (Å²) in [6.45, 7) is 8.61. The summed E-state index contributed by atoms with van der Waals surface area (Å²) in [5, 5.41) is 0. The van der Waals surface area contributed by atoms with Gasteiger partial charge in [-0.1, -0.05) is 19.8 Å². The second kappa shape index (κ2) is 5.38. The van der Waals surface area contributed by atoms with Gasteiger partial charge < -0.3 is 9.64 Å². The molecule has 0 N–H and O–H groups in total. The van der Waals surface area contributed by atoms with E-state index in [0.717, 1.165) is 25.7 Å². The molecule has 20 heavy (non-hydrogen) atoms. The number of carbonyl (C=O) groups is 2. The number of amides is 1. The van der Waals surface area contributed by atoms with Crippen LogP contribution in [0.4, 0.5) is 4.79 Å². The first-order chi connectivity index (χ1) is 9.27. The fraction of sp³-hybridized carbons (Fsp3) is 0.875. The van der Waals surface area contributed by atoms with Crippen LogP contribution in [0.5, 0.6) is 0 Å². The van der Waals surface area contributed by atoms with Gasteiger partial charge in [0.1, 0.15) is 5.60 Å². The van der Waals surface area contributed by atoms with E-state index in [1.165, 1.54) is 6.42 Å². The van der Waals surface area contributed by atoms with Crippen LogP contribution in [0.2, 0.25) is 0 Å². The lowest BCUT2D eigenvalue weighted by molar-refractivity contribution is -0.137. The van der Waals surface area contributed by atoms with Crippen LogP contribution in [-0.2, 0) is 9.53 Å². The lowest BCUT2D eigenvalue weighted by atomic mass is 9.61. The van der Waals surface area contributed by atoms with Crippen molar-refractivity contribution in [3.05, 3.63) is 0 Å². The van der Waals surface area contributed by atoms with Gasteiger partial charge in [0.25, 0.3) is 0 Å². The van der Waals surface area contributed by atoms with Crippen molar-refractivity contribution in [3.8, 4) is 0 Å². The Bertz CT molecular complexity index is 399. The Kier molecular flexibility index (Phi) is 4.12. The number of fused-ring (bicyclic) bond motifs is 1. The van der Waals surface area contributed by atoms with Crippen molar-refractivity contribution in [2.75, 3.05) is 13.1 Å². The average Bonchev–Trinajstić information content (AvgIpc) is 2.36. The minimum atomic E-state index is -0.511. The molecule has 4 heteroatoms. The average molecular weight is 281 g/mol. The van der Waals surface area contributed by atoms with E-state index in [2.05, 4.69) is 6.92 Å². The molecule has 1 saturated heterocycles. The molecule has 2 atom stereocenters. The highest BCUT2D eigenvalue weighted by Crippen LogP contribution is 2.47. The summed E-state index contributed by atoms with van der Waals surface area (Å²) in [4.78, 5) is 26.3. The van der Waals surface area contributed by atoms with Gasteiger partial charge in [0.15, 0.2) is 5.78 Å². The molecule has 1 aliphatic carbocycles. The highest BCUT2D eigenvalue weighted by molar-refractivity contribution is 5.88. The van der Waals surface area contributed by atoms with Crippen molar-refractivity contribution in [1.29, 1.82) is 0 Å². The molecule has 2 rings (SSSR count). The van der Waals surface area contributed by atoms with Crippen molar-refractivity contribution in [2.24, 2.45) is 11.3 Å². The van der Waals surface area contributed by atoms with Gasteiger partial charge in [-0.3, -0.25) is 4.79 Å². The van der Waals surface area contributed by atoms with Crippen LogP contribution in [0.1, 0.15) is 59.8 Å². The number of rotatable bonds is 1. The largest absolute Gasteiger partial charge is 0.444 e. The maximum atomic E-state index is 12.4. The predicted molar refractivity (Wildman–Crippen MR) is 77.5 cm³/mol. The summed E-state index contributed by atoms with van der Waals surface area (Å²) < 4.78 is 5.43. The van der Waals surface area contributed by atoms with Gasteiger partial charge >= 0.3 is 6.09 Å². The van der Waals surface area contributed by atoms with Gasteiger partial charge in [-0.15, -0.1) is 0 Å². The first-order valence-electron chi connectivity index (χ1n) is 7.78. The predicted octanol–water partition coefficient (Wildman–Crippen LogP) is 3.39. The summed E-state index contributed by atoms with van der Waals surface area (Å²) in [6.07, 6.45) is 4.98. The molecule has 0 bridgehead atoms. The summed E-state index contributed by atoms with van der Waals surface area (Å²) in [5.41, 5.74) is -0.520. The molecule has 114 valence electrons. The van der Waals surface area contributed by atoms with Crippen LogP contribution in [0, 0.1) is 11.3 Å². The molecule has 1 heterocycles. The molecule has 1 aliphatic heterocycles. The Morgan fingerprint density at radius 3 is 2.70 bits per heavy atom. The molecule has 2 aliphatic rings. The van der Waals surface area contributed by atoms with Gasteiger partial charge in [-0.25, -0.2) is 4.79 Å². The molecular weight excluding hydrogens is 254 g/mol. The molecule has 1 amide bonds. The zero-order chi connectivity index (χ0) is 15.0. The SMILES string of the molecule is CCC12CCCCC1C(=O)CN(C(=O)OC(C)(C)C)C2. The molecule has 0 spiro atoms. The van der Waals surface area contributed by atoms with E-state index in [-0.39, 0.29) is 29.8 Å². The van der Waals surface area contributed by atoms with Crippen LogP contribution in [0.3, 0.4) is 0 Å². The van der Waals surface area contributed by atoms with E-state index in [4.69, 9.17) is 4.74 Å². The third-order valence-corrected chi connectivity index (χ3v) is 4.75. The molecule has 0 radical (unpaired) electrons. The molecule has 2 fully saturated rings. The number of ketones is 1. The van der Waals surface area contributed by atoms with Crippen molar-refractivity contribution in [1.82, 2.24) is 4.90 Å². The Morgan fingerprint density at radius 1 is 1.40 bits per heavy atom. The van der Waals surface area contributed by atoms with Gasteiger partial charge in [0.2, 0.25) is 0 Å². The number of piperidine rings is 1. The quantitative estimate of drug-likeness (QED) is 0.740. The zero-order valence-electron chi connectivity index (χ0n) is 13.2. The monoisotopic (exact) mass is 281 g/mol. The number of hydrogen-bond acceptors (Lipinski definition) is 3. The van der Waals surface area contributed by atoms with Crippen LogP contribution < -0.4 is 0 Å². The second-order valence-electron chi connectivity index (χ2n) is 7.32. The van der Waals surface area contributed by atoms with E-state index in [1.807, 2.05) is 20.8 Å². The Morgan fingerprint density at radius 2 is 2.10 bits per heavy atom. The molecule has 2 unspecified atom stereocenters. The number of Topliss-reactive ketones (excluding diaryl/α,β-unsaturated/α-hetero) is 1. The van der Waals surface area contributed by atoms with Crippen LogP contribution in [-0.4, -0.2) is 35.5 Å². The number of likely N-dealkylation sites (tertiary alicyclic amines) is 1. The first-order valence-corrected chi connectivity index (χ1v) is 7.78. The van der Waals surface area contributed by atoms with Crippen molar-refractivity contribution in [2.45, 2.75) is 65.4 Å². The van der Waals surface area contributed by atoms with Crippen LogP contribution in [0.25, 0.3) is 0 Å². The normalized spacial score (nSPS) is 30.9.